The Morgan fingerprint density at radius 2 is 2.19 bits per heavy atom. The number of nitrogens with zero attached hydrogens (tertiary/aromatic N) is 2. The van der Waals surface area contributed by atoms with Gasteiger partial charge in [0.05, 0.1) is 23.4 Å². The molecule has 106 valence electrons. The van der Waals surface area contributed by atoms with Crippen molar-refractivity contribution in [3.63, 3.8) is 0 Å². The lowest BCUT2D eigenvalue weighted by Crippen LogP contribution is -2.31. The zero-order valence-corrected chi connectivity index (χ0v) is 11.5. The third-order valence-electron chi connectivity index (χ3n) is 3.18. The highest BCUT2D eigenvalue weighted by atomic mass is 16.2. The van der Waals surface area contributed by atoms with Gasteiger partial charge in [-0.3, -0.25) is 10.1 Å². The number of urea groups is 1. The first kappa shape index (κ1) is 13.1. The number of benzene rings is 1. The molecule has 0 spiro atoms. The van der Waals surface area contributed by atoms with Crippen molar-refractivity contribution in [2.45, 2.75) is 13.0 Å². The van der Waals surface area contributed by atoms with Crippen LogP contribution in [-0.4, -0.2) is 21.2 Å². The van der Waals surface area contributed by atoms with Gasteiger partial charge in [-0.15, -0.1) is 0 Å². The molecule has 6 heteroatoms. The average Bonchev–Trinajstić information content (AvgIpc) is 2.95. The van der Waals surface area contributed by atoms with Crippen LogP contribution in [0.4, 0.5) is 10.5 Å². The highest BCUT2D eigenvalue weighted by Crippen LogP contribution is 2.17. The normalized spacial score (nSPS) is 12.0. The lowest BCUT2D eigenvalue weighted by molar-refractivity contribution is 0.249. The van der Waals surface area contributed by atoms with E-state index in [1.165, 1.54) is 0 Å². The van der Waals surface area contributed by atoms with Crippen molar-refractivity contribution in [1.29, 1.82) is 0 Å². The van der Waals surface area contributed by atoms with Gasteiger partial charge in [-0.1, -0.05) is 6.07 Å². The van der Waals surface area contributed by atoms with Crippen LogP contribution in [0.3, 0.4) is 0 Å². The largest absolute Gasteiger partial charge is 0.330 e. The van der Waals surface area contributed by atoms with Crippen molar-refractivity contribution in [3.05, 3.63) is 54.5 Å². The van der Waals surface area contributed by atoms with E-state index >= 15 is 0 Å². The average molecular weight is 281 g/mol. The summed E-state index contributed by atoms with van der Waals surface area (Å²) in [7, 11) is 0. The molecule has 3 aromatic rings. The van der Waals surface area contributed by atoms with Crippen LogP contribution in [-0.2, 0) is 0 Å². The predicted octanol–water partition coefficient (Wildman–Crippen LogP) is 2.84. The Hall–Kier alpha value is -2.89. The number of rotatable bonds is 3. The first-order valence-electron chi connectivity index (χ1n) is 6.64. The van der Waals surface area contributed by atoms with Crippen LogP contribution in [0.25, 0.3) is 10.9 Å². The van der Waals surface area contributed by atoms with E-state index in [0.717, 1.165) is 22.3 Å². The fraction of sp³-hybridized carbons (Fsp3) is 0.133. The molecule has 0 radical (unpaired) electrons. The van der Waals surface area contributed by atoms with E-state index in [2.05, 4.69) is 25.8 Å². The zero-order valence-electron chi connectivity index (χ0n) is 11.5. The molecule has 0 bridgehead atoms. The third-order valence-corrected chi connectivity index (χ3v) is 3.18. The van der Waals surface area contributed by atoms with Gasteiger partial charge in [-0.25, -0.2) is 4.79 Å². The van der Waals surface area contributed by atoms with Crippen LogP contribution in [0, 0.1) is 0 Å². The number of fused-ring (bicyclic) bond motifs is 1. The molecule has 2 amide bonds. The molecule has 6 nitrogen and oxygen atoms in total. The van der Waals surface area contributed by atoms with Gasteiger partial charge in [-0.05, 0) is 37.3 Å². The summed E-state index contributed by atoms with van der Waals surface area (Å²) in [5.74, 6) is 0. The van der Waals surface area contributed by atoms with Gasteiger partial charge in [0.25, 0.3) is 0 Å². The second kappa shape index (κ2) is 5.62. The molecule has 2 heterocycles. The molecule has 0 saturated heterocycles. The second-order valence-corrected chi connectivity index (χ2v) is 4.75. The van der Waals surface area contributed by atoms with Crippen LogP contribution in [0.2, 0.25) is 0 Å². The highest BCUT2D eigenvalue weighted by Gasteiger charge is 2.10. The molecular formula is C15H15N5O. The predicted molar refractivity (Wildman–Crippen MR) is 80.9 cm³/mol. The van der Waals surface area contributed by atoms with Gasteiger partial charge in [0, 0.05) is 17.3 Å². The topological polar surface area (TPSA) is 82.7 Å². The Morgan fingerprint density at radius 1 is 1.29 bits per heavy atom. The van der Waals surface area contributed by atoms with Gasteiger partial charge in [0.2, 0.25) is 0 Å². The molecule has 3 N–H and O–H groups in total. The zero-order chi connectivity index (χ0) is 14.7. The Morgan fingerprint density at radius 3 is 3.00 bits per heavy atom. The van der Waals surface area contributed by atoms with Crippen molar-refractivity contribution in [2.24, 2.45) is 0 Å². The van der Waals surface area contributed by atoms with Gasteiger partial charge in [0.15, 0.2) is 0 Å². The van der Waals surface area contributed by atoms with Gasteiger partial charge < -0.3 is 10.6 Å². The Balaban J connectivity index is 1.66. The minimum Gasteiger partial charge on any atom is -0.330 e. The highest BCUT2D eigenvalue weighted by molar-refractivity contribution is 5.92. The summed E-state index contributed by atoms with van der Waals surface area (Å²) in [5, 5.41) is 13.4. The number of amides is 2. The summed E-state index contributed by atoms with van der Waals surface area (Å²) in [5.41, 5.74) is 2.47. The first-order chi connectivity index (χ1) is 10.2. The fourth-order valence-electron chi connectivity index (χ4n) is 2.09. The molecule has 21 heavy (non-hydrogen) atoms. The Bertz CT molecular complexity index is 753. The first-order valence-corrected chi connectivity index (χ1v) is 6.64. The lowest BCUT2D eigenvalue weighted by Gasteiger charge is -2.14. The SMILES string of the molecule is CC(NC(=O)Nc1ccc2[nH]ncc2c1)c1ccccn1. The number of anilines is 1. The third kappa shape index (κ3) is 3.00. The van der Waals surface area contributed by atoms with E-state index in [1.807, 2.05) is 43.3 Å². The van der Waals surface area contributed by atoms with Crippen LogP contribution in [0.1, 0.15) is 18.7 Å². The summed E-state index contributed by atoms with van der Waals surface area (Å²) in [6, 6.07) is 10.7. The number of H-pyrrole nitrogens is 1. The molecular weight excluding hydrogens is 266 g/mol. The molecule has 3 rings (SSSR count). The van der Waals surface area contributed by atoms with E-state index in [0.29, 0.717) is 0 Å². The number of pyridine rings is 1. The standard InChI is InChI=1S/C15H15N5O/c1-10(13-4-2-3-7-16-13)18-15(21)19-12-5-6-14-11(8-12)9-17-20-14/h2-10H,1H3,(H,17,20)(H2,18,19,21). The van der Waals surface area contributed by atoms with Gasteiger partial charge in [-0.2, -0.15) is 5.10 Å². The van der Waals surface area contributed by atoms with Gasteiger partial charge >= 0.3 is 6.03 Å². The lowest BCUT2D eigenvalue weighted by atomic mass is 10.2. The number of hydrogen-bond acceptors (Lipinski definition) is 3. The Kier molecular flexibility index (Phi) is 3.51. The number of hydrogen-bond donors (Lipinski definition) is 3. The summed E-state index contributed by atoms with van der Waals surface area (Å²) in [6.07, 6.45) is 3.42. The van der Waals surface area contributed by atoms with Gasteiger partial charge in [0.1, 0.15) is 0 Å². The molecule has 1 aromatic carbocycles. The van der Waals surface area contributed by atoms with Crippen molar-refractivity contribution in [1.82, 2.24) is 20.5 Å². The van der Waals surface area contributed by atoms with Crippen molar-refractivity contribution in [3.8, 4) is 0 Å². The van der Waals surface area contributed by atoms with E-state index in [4.69, 9.17) is 0 Å². The number of aromatic nitrogens is 3. The molecule has 0 aliphatic heterocycles. The quantitative estimate of drug-likeness (QED) is 0.690. The summed E-state index contributed by atoms with van der Waals surface area (Å²) in [6.45, 7) is 1.89. The number of aromatic amines is 1. The molecule has 0 aliphatic carbocycles. The molecule has 1 unspecified atom stereocenters. The summed E-state index contributed by atoms with van der Waals surface area (Å²) >= 11 is 0. The molecule has 0 aliphatic rings. The molecule has 0 fully saturated rings. The van der Waals surface area contributed by atoms with Crippen LogP contribution in [0.15, 0.2) is 48.8 Å². The number of carbonyl (C=O) groups is 1. The summed E-state index contributed by atoms with van der Waals surface area (Å²) < 4.78 is 0. The summed E-state index contributed by atoms with van der Waals surface area (Å²) in [4.78, 5) is 16.2. The monoisotopic (exact) mass is 281 g/mol. The van der Waals surface area contributed by atoms with Crippen LogP contribution in [0.5, 0.6) is 0 Å². The maximum atomic E-state index is 12.0. The molecule has 2 aromatic heterocycles. The number of nitrogens with one attached hydrogen (secondary N) is 3. The maximum Gasteiger partial charge on any atom is 0.319 e. The second-order valence-electron chi connectivity index (χ2n) is 4.75. The van der Waals surface area contributed by atoms with E-state index < -0.39 is 0 Å². The van der Waals surface area contributed by atoms with Crippen LogP contribution < -0.4 is 10.6 Å². The Labute approximate surface area is 121 Å². The molecule has 1 atom stereocenters. The minimum atomic E-state index is -0.268. The maximum absolute atomic E-state index is 12.0. The minimum absolute atomic E-state index is 0.163. The van der Waals surface area contributed by atoms with Crippen molar-refractivity contribution < 1.29 is 4.79 Å². The fourth-order valence-corrected chi connectivity index (χ4v) is 2.09. The van der Waals surface area contributed by atoms with Crippen molar-refractivity contribution >= 4 is 22.6 Å². The van der Waals surface area contributed by atoms with Crippen LogP contribution >= 0.6 is 0 Å². The smallest absolute Gasteiger partial charge is 0.319 e. The number of carbonyl (C=O) groups excluding carboxylic acids is 1. The van der Waals surface area contributed by atoms with Crippen molar-refractivity contribution in [2.75, 3.05) is 5.32 Å². The van der Waals surface area contributed by atoms with E-state index in [1.54, 1.807) is 12.4 Å². The molecule has 0 saturated carbocycles. The van der Waals surface area contributed by atoms with E-state index in [9.17, 15) is 4.79 Å². The van der Waals surface area contributed by atoms with E-state index in [-0.39, 0.29) is 12.1 Å².